The van der Waals surface area contributed by atoms with Gasteiger partial charge in [0, 0.05) is 38.6 Å². The number of ether oxygens (including phenoxy) is 1. The van der Waals surface area contributed by atoms with Crippen molar-refractivity contribution in [3.8, 4) is 5.75 Å². The molecule has 0 saturated heterocycles. The van der Waals surface area contributed by atoms with Crippen molar-refractivity contribution in [1.29, 1.82) is 0 Å². The van der Waals surface area contributed by atoms with Gasteiger partial charge in [0.25, 0.3) is 0 Å². The molecule has 0 aliphatic carbocycles. The molecule has 0 aliphatic heterocycles. The van der Waals surface area contributed by atoms with E-state index in [-0.39, 0.29) is 0 Å². The molecule has 0 unspecified atom stereocenters. The molecule has 0 atom stereocenters. The summed E-state index contributed by atoms with van der Waals surface area (Å²) in [6.45, 7) is 3.24. The third-order valence-corrected chi connectivity index (χ3v) is 3.14. The Labute approximate surface area is 120 Å². The first kappa shape index (κ1) is 14.5. The highest BCUT2D eigenvalue weighted by Crippen LogP contribution is 2.15. The van der Waals surface area contributed by atoms with Gasteiger partial charge >= 0.3 is 0 Å². The molecule has 1 aromatic carbocycles. The van der Waals surface area contributed by atoms with Crippen molar-refractivity contribution in [2.45, 2.75) is 13.1 Å². The summed E-state index contributed by atoms with van der Waals surface area (Å²) in [6, 6.07) is 12.2. The standard InChI is InChI=1S/C16H21N3O/c1-20-16-4-2-3-15(11-16)13-19(10-7-17)12-14-5-8-18-9-6-14/h2-6,8-9,11H,7,10,12-13,17H2,1H3. The highest BCUT2D eigenvalue weighted by molar-refractivity contribution is 5.28. The molecule has 106 valence electrons. The number of rotatable bonds is 7. The highest BCUT2D eigenvalue weighted by atomic mass is 16.5. The van der Waals surface area contributed by atoms with E-state index in [4.69, 9.17) is 10.5 Å². The van der Waals surface area contributed by atoms with E-state index in [2.05, 4.69) is 22.0 Å². The fraction of sp³-hybridized carbons (Fsp3) is 0.312. The first-order valence-electron chi connectivity index (χ1n) is 6.76. The van der Waals surface area contributed by atoms with Crippen molar-refractivity contribution >= 4 is 0 Å². The first-order chi connectivity index (χ1) is 9.81. The van der Waals surface area contributed by atoms with Crippen LogP contribution in [0.1, 0.15) is 11.1 Å². The third-order valence-electron chi connectivity index (χ3n) is 3.14. The van der Waals surface area contributed by atoms with E-state index in [1.165, 1.54) is 11.1 Å². The summed E-state index contributed by atoms with van der Waals surface area (Å²) in [5, 5.41) is 0. The molecule has 20 heavy (non-hydrogen) atoms. The van der Waals surface area contributed by atoms with Crippen LogP contribution in [0.5, 0.6) is 5.75 Å². The van der Waals surface area contributed by atoms with Gasteiger partial charge in [0.1, 0.15) is 5.75 Å². The summed E-state index contributed by atoms with van der Waals surface area (Å²) in [6.07, 6.45) is 3.64. The second-order valence-corrected chi connectivity index (χ2v) is 4.71. The molecule has 0 fully saturated rings. The minimum atomic E-state index is 0.648. The van der Waals surface area contributed by atoms with Gasteiger partial charge < -0.3 is 10.5 Å². The molecular weight excluding hydrogens is 250 g/mol. The SMILES string of the molecule is COc1cccc(CN(CCN)Cc2ccncc2)c1. The van der Waals surface area contributed by atoms with Crippen molar-refractivity contribution in [2.24, 2.45) is 5.73 Å². The van der Waals surface area contributed by atoms with E-state index < -0.39 is 0 Å². The van der Waals surface area contributed by atoms with Crippen LogP contribution < -0.4 is 10.5 Å². The lowest BCUT2D eigenvalue weighted by Crippen LogP contribution is -2.28. The molecule has 2 rings (SSSR count). The summed E-state index contributed by atoms with van der Waals surface area (Å²) in [5.74, 6) is 0.888. The number of nitrogens with two attached hydrogens (primary N) is 1. The molecule has 0 spiro atoms. The van der Waals surface area contributed by atoms with E-state index in [0.717, 1.165) is 25.4 Å². The number of hydrogen-bond acceptors (Lipinski definition) is 4. The van der Waals surface area contributed by atoms with Gasteiger partial charge in [-0.2, -0.15) is 0 Å². The van der Waals surface area contributed by atoms with E-state index in [0.29, 0.717) is 6.54 Å². The van der Waals surface area contributed by atoms with Crippen LogP contribution in [0.2, 0.25) is 0 Å². The first-order valence-corrected chi connectivity index (χ1v) is 6.76. The molecule has 1 aromatic heterocycles. The zero-order valence-corrected chi connectivity index (χ0v) is 11.8. The minimum Gasteiger partial charge on any atom is -0.497 e. The molecule has 2 N–H and O–H groups in total. The van der Waals surface area contributed by atoms with Gasteiger partial charge in [0.2, 0.25) is 0 Å². The molecule has 4 nitrogen and oxygen atoms in total. The normalized spacial score (nSPS) is 10.8. The maximum Gasteiger partial charge on any atom is 0.119 e. The number of methoxy groups -OCH3 is 1. The van der Waals surface area contributed by atoms with Crippen LogP contribution in [0.15, 0.2) is 48.8 Å². The fourth-order valence-corrected chi connectivity index (χ4v) is 2.17. The van der Waals surface area contributed by atoms with Crippen LogP contribution in [0.3, 0.4) is 0 Å². The number of pyridine rings is 1. The van der Waals surface area contributed by atoms with Gasteiger partial charge in [-0.15, -0.1) is 0 Å². The maximum absolute atomic E-state index is 5.71. The molecular formula is C16H21N3O. The zero-order valence-electron chi connectivity index (χ0n) is 11.8. The summed E-state index contributed by atoms with van der Waals surface area (Å²) >= 11 is 0. The summed E-state index contributed by atoms with van der Waals surface area (Å²) in [7, 11) is 1.69. The van der Waals surface area contributed by atoms with Gasteiger partial charge in [-0.25, -0.2) is 0 Å². The van der Waals surface area contributed by atoms with Gasteiger partial charge in [-0.3, -0.25) is 9.88 Å². The van der Waals surface area contributed by atoms with Crippen LogP contribution in [0.25, 0.3) is 0 Å². The van der Waals surface area contributed by atoms with E-state index in [9.17, 15) is 0 Å². The van der Waals surface area contributed by atoms with Gasteiger partial charge in [0.15, 0.2) is 0 Å². The molecule has 1 heterocycles. The average Bonchev–Trinajstić information content (AvgIpc) is 2.49. The molecule has 0 amide bonds. The van der Waals surface area contributed by atoms with Crippen molar-refractivity contribution < 1.29 is 4.74 Å². The Hall–Kier alpha value is -1.91. The van der Waals surface area contributed by atoms with Crippen LogP contribution in [-0.2, 0) is 13.1 Å². The third kappa shape index (κ3) is 4.33. The zero-order chi connectivity index (χ0) is 14.2. The molecule has 0 bridgehead atoms. The maximum atomic E-state index is 5.71. The predicted molar refractivity (Wildman–Crippen MR) is 80.4 cm³/mol. The van der Waals surface area contributed by atoms with Crippen LogP contribution in [0.4, 0.5) is 0 Å². The lowest BCUT2D eigenvalue weighted by molar-refractivity contribution is 0.264. The Balaban J connectivity index is 2.04. The lowest BCUT2D eigenvalue weighted by atomic mass is 10.2. The van der Waals surface area contributed by atoms with Crippen molar-refractivity contribution in [3.05, 3.63) is 59.9 Å². The summed E-state index contributed by atoms with van der Waals surface area (Å²) in [4.78, 5) is 6.37. The molecule has 0 radical (unpaired) electrons. The second kappa shape index (κ2) is 7.62. The number of nitrogens with zero attached hydrogens (tertiary/aromatic N) is 2. The van der Waals surface area contributed by atoms with Gasteiger partial charge in [-0.05, 0) is 35.4 Å². The van der Waals surface area contributed by atoms with Crippen molar-refractivity contribution in [1.82, 2.24) is 9.88 Å². The average molecular weight is 271 g/mol. The Kier molecular flexibility index (Phi) is 5.53. The largest absolute Gasteiger partial charge is 0.497 e. The smallest absolute Gasteiger partial charge is 0.119 e. The Morgan fingerprint density at radius 3 is 2.55 bits per heavy atom. The van der Waals surface area contributed by atoms with E-state index in [1.54, 1.807) is 7.11 Å². The van der Waals surface area contributed by atoms with Crippen molar-refractivity contribution in [2.75, 3.05) is 20.2 Å². The molecule has 4 heteroatoms. The summed E-state index contributed by atoms with van der Waals surface area (Å²) in [5.41, 5.74) is 8.19. The fourth-order valence-electron chi connectivity index (χ4n) is 2.17. The Morgan fingerprint density at radius 2 is 1.85 bits per heavy atom. The van der Waals surface area contributed by atoms with Crippen LogP contribution >= 0.6 is 0 Å². The quantitative estimate of drug-likeness (QED) is 0.837. The number of benzene rings is 1. The van der Waals surface area contributed by atoms with Gasteiger partial charge in [-0.1, -0.05) is 12.1 Å². The summed E-state index contributed by atoms with van der Waals surface area (Å²) < 4.78 is 5.26. The lowest BCUT2D eigenvalue weighted by Gasteiger charge is -2.22. The van der Waals surface area contributed by atoms with Crippen LogP contribution in [0, 0.1) is 0 Å². The topological polar surface area (TPSA) is 51.4 Å². The second-order valence-electron chi connectivity index (χ2n) is 4.71. The predicted octanol–water partition coefficient (Wildman–Crippen LogP) is 2.05. The van der Waals surface area contributed by atoms with Gasteiger partial charge in [0.05, 0.1) is 7.11 Å². The Morgan fingerprint density at radius 1 is 1.10 bits per heavy atom. The number of aromatic nitrogens is 1. The number of hydrogen-bond donors (Lipinski definition) is 1. The van der Waals surface area contributed by atoms with E-state index in [1.807, 2.05) is 36.7 Å². The Bertz CT molecular complexity index is 516. The van der Waals surface area contributed by atoms with E-state index >= 15 is 0 Å². The van der Waals surface area contributed by atoms with Crippen LogP contribution in [-0.4, -0.2) is 30.1 Å². The minimum absolute atomic E-state index is 0.648. The molecule has 0 aliphatic rings. The highest BCUT2D eigenvalue weighted by Gasteiger charge is 2.07. The molecule has 2 aromatic rings. The monoisotopic (exact) mass is 271 g/mol. The van der Waals surface area contributed by atoms with Crippen molar-refractivity contribution in [3.63, 3.8) is 0 Å². The molecule has 0 saturated carbocycles.